The lowest BCUT2D eigenvalue weighted by Gasteiger charge is -2.31. The van der Waals surface area contributed by atoms with Crippen molar-refractivity contribution in [3.63, 3.8) is 0 Å². The third-order valence-corrected chi connectivity index (χ3v) is 3.68. The summed E-state index contributed by atoms with van der Waals surface area (Å²) in [7, 11) is 0. The number of carbonyl (C=O) groups is 1. The molecule has 2 fully saturated rings. The van der Waals surface area contributed by atoms with E-state index in [2.05, 4.69) is 5.32 Å². The smallest absolute Gasteiger partial charge is 0.225 e. The first-order valence-corrected chi connectivity index (χ1v) is 6.41. The number of nitrogens with two attached hydrogens (primary N) is 1. The van der Waals surface area contributed by atoms with E-state index >= 15 is 0 Å². The highest BCUT2D eigenvalue weighted by Crippen LogP contribution is 2.19. The zero-order valence-electron chi connectivity index (χ0n) is 9.78. The Labute approximate surface area is 96.9 Å². The summed E-state index contributed by atoms with van der Waals surface area (Å²) in [5.41, 5.74) is 6.01. The van der Waals surface area contributed by atoms with Crippen LogP contribution >= 0.6 is 0 Å². The van der Waals surface area contributed by atoms with Gasteiger partial charge in [-0.1, -0.05) is 12.8 Å². The van der Waals surface area contributed by atoms with Crippen molar-refractivity contribution in [3.8, 4) is 0 Å². The SMILES string of the molecule is NC1CCCCC1NC(=O)C1CCCOC1. The number of carbonyl (C=O) groups excluding carboxylic acids is 1. The van der Waals surface area contributed by atoms with Gasteiger partial charge in [-0.05, 0) is 25.7 Å². The molecule has 4 heteroatoms. The van der Waals surface area contributed by atoms with Gasteiger partial charge in [0, 0.05) is 18.7 Å². The highest BCUT2D eigenvalue weighted by atomic mass is 16.5. The van der Waals surface area contributed by atoms with Crippen LogP contribution in [0.25, 0.3) is 0 Å². The molecule has 0 radical (unpaired) electrons. The lowest BCUT2D eigenvalue weighted by Crippen LogP contribution is -2.51. The first kappa shape index (κ1) is 11.9. The van der Waals surface area contributed by atoms with Gasteiger partial charge in [0.1, 0.15) is 0 Å². The molecule has 1 saturated carbocycles. The van der Waals surface area contributed by atoms with E-state index in [0.717, 1.165) is 32.3 Å². The molecule has 1 saturated heterocycles. The van der Waals surface area contributed by atoms with Crippen molar-refractivity contribution in [3.05, 3.63) is 0 Å². The second-order valence-electron chi connectivity index (χ2n) is 4.98. The molecular formula is C12H22N2O2. The van der Waals surface area contributed by atoms with E-state index in [9.17, 15) is 4.79 Å². The topological polar surface area (TPSA) is 64.3 Å². The maximum atomic E-state index is 12.0. The predicted octanol–water partition coefficient (Wildman–Crippen LogP) is 0.799. The number of rotatable bonds is 2. The van der Waals surface area contributed by atoms with E-state index in [-0.39, 0.29) is 23.9 Å². The Balaban J connectivity index is 1.80. The fourth-order valence-electron chi connectivity index (χ4n) is 2.59. The average molecular weight is 226 g/mol. The molecule has 16 heavy (non-hydrogen) atoms. The lowest BCUT2D eigenvalue weighted by atomic mass is 9.90. The van der Waals surface area contributed by atoms with Gasteiger partial charge in [0.25, 0.3) is 0 Å². The molecule has 0 aromatic carbocycles. The summed E-state index contributed by atoms with van der Waals surface area (Å²) >= 11 is 0. The fourth-order valence-corrected chi connectivity index (χ4v) is 2.59. The third-order valence-electron chi connectivity index (χ3n) is 3.68. The third kappa shape index (κ3) is 2.95. The average Bonchev–Trinajstić information content (AvgIpc) is 2.33. The van der Waals surface area contributed by atoms with E-state index in [1.165, 1.54) is 12.8 Å². The highest BCUT2D eigenvalue weighted by molar-refractivity contribution is 5.79. The van der Waals surface area contributed by atoms with E-state index in [1.807, 2.05) is 0 Å². The molecule has 0 spiro atoms. The molecule has 2 rings (SSSR count). The Hall–Kier alpha value is -0.610. The van der Waals surface area contributed by atoms with Crippen LogP contribution in [0, 0.1) is 5.92 Å². The molecule has 3 unspecified atom stereocenters. The minimum Gasteiger partial charge on any atom is -0.381 e. The molecule has 92 valence electrons. The lowest BCUT2D eigenvalue weighted by molar-refractivity contribution is -0.130. The zero-order chi connectivity index (χ0) is 11.4. The molecule has 0 bridgehead atoms. The minimum absolute atomic E-state index is 0.0443. The molecule has 2 aliphatic rings. The Morgan fingerprint density at radius 2 is 2.00 bits per heavy atom. The van der Waals surface area contributed by atoms with Crippen molar-refractivity contribution >= 4 is 5.91 Å². The monoisotopic (exact) mass is 226 g/mol. The van der Waals surface area contributed by atoms with Crippen molar-refractivity contribution in [2.24, 2.45) is 11.7 Å². The molecule has 1 aliphatic heterocycles. The summed E-state index contributed by atoms with van der Waals surface area (Å²) in [5, 5.41) is 3.09. The maximum absolute atomic E-state index is 12.0. The molecule has 1 heterocycles. The van der Waals surface area contributed by atoms with Crippen LogP contribution in [0.2, 0.25) is 0 Å². The number of ether oxygens (including phenoxy) is 1. The largest absolute Gasteiger partial charge is 0.381 e. The highest BCUT2D eigenvalue weighted by Gasteiger charge is 2.27. The predicted molar refractivity (Wildman–Crippen MR) is 61.9 cm³/mol. The number of nitrogens with one attached hydrogen (secondary N) is 1. The van der Waals surface area contributed by atoms with Crippen molar-refractivity contribution in [2.45, 2.75) is 50.6 Å². The Morgan fingerprint density at radius 1 is 1.19 bits per heavy atom. The second-order valence-corrected chi connectivity index (χ2v) is 4.98. The summed E-state index contributed by atoms with van der Waals surface area (Å²) in [6.07, 6.45) is 6.38. The van der Waals surface area contributed by atoms with Gasteiger partial charge in [-0.15, -0.1) is 0 Å². The second kappa shape index (κ2) is 5.64. The van der Waals surface area contributed by atoms with Crippen LogP contribution < -0.4 is 11.1 Å². The summed E-state index contributed by atoms with van der Waals surface area (Å²) in [5.74, 6) is 0.185. The van der Waals surface area contributed by atoms with Crippen LogP contribution in [0.1, 0.15) is 38.5 Å². The van der Waals surface area contributed by atoms with Crippen LogP contribution in [0.15, 0.2) is 0 Å². The van der Waals surface area contributed by atoms with Gasteiger partial charge in [-0.25, -0.2) is 0 Å². The van der Waals surface area contributed by atoms with Crippen molar-refractivity contribution in [1.29, 1.82) is 0 Å². The molecular weight excluding hydrogens is 204 g/mol. The molecule has 1 amide bonds. The van der Waals surface area contributed by atoms with Gasteiger partial charge in [-0.2, -0.15) is 0 Å². The first-order chi connectivity index (χ1) is 7.77. The standard InChI is InChI=1S/C12H22N2O2/c13-10-5-1-2-6-11(10)14-12(15)9-4-3-7-16-8-9/h9-11H,1-8,13H2,(H,14,15). The van der Waals surface area contributed by atoms with Crippen LogP contribution in [0.4, 0.5) is 0 Å². The normalized spacial score (nSPS) is 35.7. The van der Waals surface area contributed by atoms with Gasteiger partial charge >= 0.3 is 0 Å². The van der Waals surface area contributed by atoms with E-state index < -0.39 is 0 Å². The van der Waals surface area contributed by atoms with E-state index in [0.29, 0.717) is 6.61 Å². The number of hydrogen-bond donors (Lipinski definition) is 2. The summed E-state index contributed by atoms with van der Waals surface area (Å²) in [6, 6.07) is 0.324. The Morgan fingerprint density at radius 3 is 2.69 bits per heavy atom. The van der Waals surface area contributed by atoms with Gasteiger partial charge in [-0.3, -0.25) is 4.79 Å². The fraction of sp³-hybridized carbons (Fsp3) is 0.917. The van der Waals surface area contributed by atoms with Gasteiger partial charge in [0.05, 0.1) is 12.5 Å². The van der Waals surface area contributed by atoms with Gasteiger partial charge in [0.2, 0.25) is 5.91 Å². The zero-order valence-corrected chi connectivity index (χ0v) is 9.78. The van der Waals surface area contributed by atoms with Gasteiger partial charge in [0.15, 0.2) is 0 Å². The van der Waals surface area contributed by atoms with E-state index in [1.54, 1.807) is 0 Å². The van der Waals surface area contributed by atoms with Crippen LogP contribution in [-0.2, 0) is 9.53 Å². The molecule has 1 aliphatic carbocycles. The maximum Gasteiger partial charge on any atom is 0.225 e. The Kier molecular flexibility index (Phi) is 4.18. The van der Waals surface area contributed by atoms with E-state index in [4.69, 9.17) is 10.5 Å². The quantitative estimate of drug-likeness (QED) is 0.732. The number of hydrogen-bond acceptors (Lipinski definition) is 3. The van der Waals surface area contributed by atoms with Crippen LogP contribution in [0.3, 0.4) is 0 Å². The van der Waals surface area contributed by atoms with Crippen molar-refractivity contribution in [2.75, 3.05) is 13.2 Å². The minimum atomic E-state index is 0.0443. The Bertz CT molecular complexity index is 239. The summed E-state index contributed by atoms with van der Waals surface area (Å²) in [6.45, 7) is 1.38. The molecule has 4 nitrogen and oxygen atoms in total. The van der Waals surface area contributed by atoms with Gasteiger partial charge < -0.3 is 15.8 Å². The molecule has 0 aromatic heterocycles. The summed E-state index contributed by atoms with van der Waals surface area (Å²) in [4.78, 5) is 12.0. The van der Waals surface area contributed by atoms with Crippen molar-refractivity contribution < 1.29 is 9.53 Å². The molecule has 3 N–H and O–H groups in total. The molecule has 3 atom stereocenters. The molecule has 0 aromatic rings. The van der Waals surface area contributed by atoms with Crippen molar-refractivity contribution in [1.82, 2.24) is 5.32 Å². The van der Waals surface area contributed by atoms with Crippen LogP contribution in [-0.4, -0.2) is 31.2 Å². The summed E-state index contributed by atoms with van der Waals surface area (Å²) < 4.78 is 5.33. The first-order valence-electron chi connectivity index (χ1n) is 6.41. The van der Waals surface area contributed by atoms with Crippen LogP contribution in [0.5, 0.6) is 0 Å². The number of amides is 1.